The summed E-state index contributed by atoms with van der Waals surface area (Å²) >= 11 is 0. The number of carbonyl (C=O) groups is 2. The lowest BCUT2D eigenvalue weighted by Gasteiger charge is -2.19. The molecule has 6 nitrogen and oxygen atoms in total. The molecule has 1 amide bonds. The summed E-state index contributed by atoms with van der Waals surface area (Å²) in [4.78, 5) is 30.6. The molecule has 1 saturated carbocycles. The van der Waals surface area contributed by atoms with E-state index >= 15 is 0 Å². The lowest BCUT2D eigenvalue weighted by molar-refractivity contribution is -0.139. The van der Waals surface area contributed by atoms with Gasteiger partial charge in [0.1, 0.15) is 23.2 Å². The van der Waals surface area contributed by atoms with Gasteiger partial charge >= 0.3 is 5.97 Å². The molecule has 1 atom stereocenters. The van der Waals surface area contributed by atoms with Crippen molar-refractivity contribution in [2.45, 2.75) is 70.8 Å². The molecule has 1 aromatic heterocycles. The van der Waals surface area contributed by atoms with Gasteiger partial charge in [-0.15, -0.1) is 0 Å². The van der Waals surface area contributed by atoms with E-state index in [2.05, 4.69) is 38.2 Å². The number of fused-ring (bicyclic) bond motifs is 2. The molecule has 1 aliphatic carbocycles. The number of nitrogens with zero attached hydrogens (tertiary/aromatic N) is 1. The molecule has 1 aliphatic rings. The molecule has 230 valence electrons. The Balaban J connectivity index is 1.26. The molecule has 6 rings (SSSR count). The predicted octanol–water partition coefficient (Wildman–Crippen LogP) is 8.64. The second-order valence-electron chi connectivity index (χ2n) is 13.3. The molecular formula is C39H40N2O4. The Kier molecular flexibility index (Phi) is 8.57. The van der Waals surface area contributed by atoms with Gasteiger partial charge in [-0.05, 0) is 75.4 Å². The van der Waals surface area contributed by atoms with Crippen LogP contribution in [0.1, 0.15) is 73.8 Å². The van der Waals surface area contributed by atoms with E-state index in [4.69, 9.17) is 9.72 Å². The first-order valence-corrected chi connectivity index (χ1v) is 15.9. The lowest BCUT2D eigenvalue weighted by atomic mass is 9.87. The van der Waals surface area contributed by atoms with Crippen molar-refractivity contribution >= 4 is 33.4 Å². The van der Waals surface area contributed by atoms with Crippen molar-refractivity contribution in [2.75, 3.05) is 0 Å². The Morgan fingerprint density at radius 3 is 2.27 bits per heavy atom. The van der Waals surface area contributed by atoms with Crippen LogP contribution in [0.2, 0.25) is 0 Å². The van der Waals surface area contributed by atoms with Crippen LogP contribution in [0.15, 0.2) is 91.0 Å². The summed E-state index contributed by atoms with van der Waals surface area (Å²) < 4.78 is 6.25. The second kappa shape index (κ2) is 12.7. The molecule has 0 spiro atoms. The fourth-order valence-corrected chi connectivity index (χ4v) is 6.31. The number of carboxylic acids is 1. The molecule has 0 aliphatic heterocycles. The Hall–Kier alpha value is -4.71. The van der Waals surface area contributed by atoms with E-state index in [-0.39, 0.29) is 17.5 Å². The second-order valence-corrected chi connectivity index (χ2v) is 13.3. The number of hydrogen-bond donors (Lipinski definition) is 2. The van der Waals surface area contributed by atoms with Crippen LogP contribution >= 0.6 is 0 Å². The van der Waals surface area contributed by atoms with Crippen LogP contribution in [0, 0.1) is 5.92 Å². The van der Waals surface area contributed by atoms with Gasteiger partial charge in [0.05, 0.1) is 0 Å². The number of aliphatic carboxylic acids is 1. The van der Waals surface area contributed by atoms with Crippen molar-refractivity contribution in [1.82, 2.24) is 10.3 Å². The van der Waals surface area contributed by atoms with Crippen LogP contribution in [0.25, 0.3) is 21.5 Å². The zero-order valence-electron chi connectivity index (χ0n) is 26.2. The van der Waals surface area contributed by atoms with Crippen molar-refractivity contribution in [2.24, 2.45) is 5.92 Å². The maximum Gasteiger partial charge on any atom is 0.326 e. The van der Waals surface area contributed by atoms with Gasteiger partial charge in [0.25, 0.3) is 5.91 Å². The molecule has 2 N–H and O–H groups in total. The standard InChI is InChI=1S/C39H40N2O4/c1-39(2,3)30-15-18-31(19-16-30)45-32-17-14-29-23-35(40-34(33(29)24-32)21-25-8-4-5-9-25)37(42)41-36(38(43)44)22-26-12-13-27-10-6-7-11-28(27)20-26/h6-7,10-20,23-25,36H,4-5,8-9,21-22H2,1-3H3,(H,41,42)(H,43,44)/t36-/m0/s1. The summed E-state index contributed by atoms with van der Waals surface area (Å²) in [7, 11) is 0. The molecular weight excluding hydrogens is 560 g/mol. The normalized spacial score (nSPS) is 14.5. The van der Waals surface area contributed by atoms with E-state index in [1.54, 1.807) is 6.07 Å². The van der Waals surface area contributed by atoms with E-state index in [9.17, 15) is 14.7 Å². The Morgan fingerprint density at radius 1 is 0.867 bits per heavy atom. The monoisotopic (exact) mass is 600 g/mol. The van der Waals surface area contributed by atoms with Crippen molar-refractivity contribution in [3.8, 4) is 11.5 Å². The van der Waals surface area contributed by atoms with Gasteiger partial charge in [0, 0.05) is 17.5 Å². The highest BCUT2D eigenvalue weighted by Gasteiger charge is 2.24. The molecule has 0 unspecified atom stereocenters. The number of pyridine rings is 1. The van der Waals surface area contributed by atoms with E-state index in [0.29, 0.717) is 11.7 Å². The first-order valence-electron chi connectivity index (χ1n) is 15.9. The van der Waals surface area contributed by atoms with Crippen LogP contribution in [0.5, 0.6) is 11.5 Å². The number of carboxylic acid groups (broad SMARTS) is 1. The van der Waals surface area contributed by atoms with Gasteiger partial charge in [-0.2, -0.15) is 0 Å². The third-order valence-electron chi connectivity index (χ3n) is 8.89. The Labute approximate surface area is 264 Å². The zero-order valence-corrected chi connectivity index (χ0v) is 26.2. The van der Waals surface area contributed by atoms with Gasteiger partial charge in [-0.25, -0.2) is 9.78 Å². The minimum atomic E-state index is -1.09. The average molecular weight is 601 g/mol. The van der Waals surface area contributed by atoms with Crippen molar-refractivity contribution in [3.63, 3.8) is 0 Å². The average Bonchev–Trinajstić information content (AvgIpc) is 3.53. The Morgan fingerprint density at radius 2 is 1.56 bits per heavy atom. The highest BCUT2D eigenvalue weighted by Crippen LogP contribution is 2.33. The van der Waals surface area contributed by atoms with Crippen LogP contribution < -0.4 is 10.1 Å². The fraction of sp³-hybridized carbons (Fsp3) is 0.308. The topological polar surface area (TPSA) is 88.5 Å². The number of amides is 1. The SMILES string of the molecule is CC(C)(C)c1ccc(Oc2ccc3cc(C(=O)N[C@@H](Cc4ccc5ccccc5c4)C(=O)O)nc(CC4CCCC4)c3c2)cc1. The maximum absolute atomic E-state index is 13.5. The molecule has 1 fully saturated rings. The smallest absolute Gasteiger partial charge is 0.326 e. The van der Waals surface area contributed by atoms with E-state index < -0.39 is 17.9 Å². The third-order valence-corrected chi connectivity index (χ3v) is 8.89. The van der Waals surface area contributed by atoms with Crippen molar-refractivity contribution < 1.29 is 19.4 Å². The first-order chi connectivity index (χ1) is 21.6. The van der Waals surface area contributed by atoms with Crippen molar-refractivity contribution in [3.05, 3.63) is 114 Å². The number of aromatic nitrogens is 1. The van der Waals surface area contributed by atoms with Crippen LogP contribution in [-0.2, 0) is 23.1 Å². The summed E-state index contributed by atoms with van der Waals surface area (Å²) in [5.41, 5.74) is 3.22. The maximum atomic E-state index is 13.5. The number of carbonyl (C=O) groups excluding carboxylic acids is 1. The van der Waals surface area contributed by atoms with Gasteiger partial charge < -0.3 is 15.2 Å². The minimum Gasteiger partial charge on any atom is -0.480 e. The number of nitrogens with one attached hydrogen (secondary N) is 1. The van der Waals surface area contributed by atoms with Gasteiger partial charge in [-0.1, -0.05) is 107 Å². The highest BCUT2D eigenvalue weighted by atomic mass is 16.5. The number of rotatable bonds is 9. The summed E-state index contributed by atoms with van der Waals surface area (Å²) in [6, 6.07) is 28.5. The van der Waals surface area contributed by atoms with Gasteiger partial charge in [0.15, 0.2) is 0 Å². The minimum absolute atomic E-state index is 0.0627. The first kappa shape index (κ1) is 30.3. The van der Waals surface area contributed by atoms with Crippen molar-refractivity contribution in [1.29, 1.82) is 0 Å². The molecule has 0 bridgehead atoms. The lowest BCUT2D eigenvalue weighted by Crippen LogP contribution is -2.42. The van der Waals surface area contributed by atoms with E-state index in [0.717, 1.165) is 57.8 Å². The molecule has 4 aromatic carbocycles. The largest absolute Gasteiger partial charge is 0.480 e. The molecule has 45 heavy (non-hydrogen) atoms. The zero-order chi connectivity index (χ0) is 31.6. The molecule has 5 aromatic rings. The summed E-state index contributed by atoms with van der Waals surface area (Å²) in [5, 5.41) is 16.7. The summed E-state index contributed by atoms with van der Waals surface area (Å²) in [6.45, 7) is 6.56. The molecule has 0 saturated heterocycles. The highest BCUT2D eigenvalue weighted by molar-refractivity contribution is 5.99. The quantitative estimate of drug-likeness (QED) is 0.177. The van der Waals surface area contributed by atoms with E-state index in [1.165, 1.54) is 18.4 Å². The molecule has 6 heteroatoms. The van der Waals surface area contributed by atoms with E-state index in [1.807, 2.05) is 72.8 Å². The third kappa shape index (κ3) is 7.17. The van der Waals surface area contributed by atoms with Gasteiger partial charge in [0.2, 0.25) is 0 Å². The number of ether oxygens (including phenoxy) is 1. The molecule has 1 heterocycles. The summed E-state index contributed by atoms with van der Waals surface area (Å²) in [6.07, 6.45) is 5.63. The number of hydrogen-bond acceptors (Lipinski definition) is 4. The van der Waals surface area contributed by atoms with Crippen LogP contribution in [0.4, 0.5) is 0 Å². The molecule has 0 radical (unpaired) electrons. The Bertz CT molecular complexity index is 1850. The predicted molar refractivity (Wildman–Crippen MR) is 179 cm³/mol. The van der Waals surface area contributed by atoms with Crippen LogP contribution in [0.3, 0.4) is 0 Å². The summed E-state index contributed by atoms with van der Waals surface area (Å²) in [5.74, 6) is 0.403. The van der Waals surface area contributed by atoms with Crippen LogP contribution in [-0.4, -0.2) is 28.0 Å². The van der Waals surface area contributed by atoms with Gasteiger partial charge in [-0.3, -0.25) is 4.79 Å². The fourth-order valence-electron chi connectivity index (χ4n) is 6.31. The number of benzene rings is 4.